The number of hydrogen-bond donors (Lipinski definition) is 2. The van der Waals surface area contributed by atoms with Crippen molar-refractivity contribution in [1.29, 1.82) is 0 Å². The van der Waals surface area contributed by atoms with E-state index in [9.17, 15) is 25.1 Å². The fourth-order valence-electron chi connectivity index (χ4n) is 3.60. The molecule has 1 aromatic carbocycles. The van der Waals surface area contributed by atoms with Crippen LogP contribution in [0.15, 0.2) is 18.2 Å². The lowest BCUT2D eigenvalue weighted by Crippen LogP contribution is -2.26. The maximum absolute atomic E-state index is 11.4. The molecule has 3 unspecified atom stereocenters. The van der Waals surface area contributed by atoms with Crippen LogP contribution >= 0.6 is 0 Å². The number of anilines is 1. The average Bonchev–Trinajstić information content (AvgIpc) is 3.00. The van der Waals surface area contributed by atoms with E-state index in [4.69, 9.17) is 0 Å². The summed E-state index contributed by atoms with van der Waals surface area (Å²) in [5.41, 5.74) is -0.0837. The van der Waals surface area contributed by atoms with Crippen LogP contribution in [0.1, 0.15) is 23.2 Å². The molecule has 1 aliphatic heterocycles. The van der Waals surface area contributed by atoms with E-state index < -0.39 is 17.0 Å². The molecule has 21 heavy (non-hydrogen) atoms. The SMILES string of the molecule is O=C(O)c1cccc([N+](=O)[O-])c1N1CC2CCC(O)C2C1. The minimum absolute atomic E-state index is 0.0568. The number of nitrogens with zero attached hydrogens (tertiary/aromatic N) is 2. The van der Waals surface area contributed by atoms with Crippen molar-refractivity contribution >= 4 is 17.3 Å². The summed E-state index contributed by atoms with van der Waals surface area (Å²) in [6.45, 7) is 1.03. The summed E-state index contributed by atoms with van der Waals surface area (Å²) in [4.78, 5) is 23.8. The molecule has 3 rings (SSSR count). The summed E-state index contributed by atoms with van der Waals surface area (Å²) >= 11 is 0. The van der Waals surface area contributed by atoms with Gasteiger partial charge in [0.25, 0.3) is 5.69 Å². The van der Waals surface area contributed by atoms with E-state index in [2.05, 4.69) is 0 Å². The molecule has 0 amide bonds. The zero-order chi connectivity index (χ0) is 15.1. The van der Waals surface area contributed by atoms with Gasteiger partial charge in [0, 0.05) is 25.1 Å². The second kappa shape index (κ2) is 5.00. The number of carboxylic acid groups (broad SMARTS) is 1. The first kappa shape index (κ1) is 13.8. The van der Waals surface area contributed by atoms with Gasteiger partial charge in [0.05, 0.1) is 16.6 Å². The molecule has 1 saturated carbocycles. The highest BCUT2D eigenvalue weighted by Gasteiger charge is 2.44. The first-order chi connectivity index (χ1) is 9.99. The zero-order valence-corrected chi connectivity index (χ0v) is 11.3. The molecular formula is C14H16N2O5. The van der Waals surface area contributed by atoms with Crippen molar-refractivity contribution in [2.75, 3.05) is 18.0 Å². The zero-order valence-electron chi connectivity index (χ0n) is 11.3. The van der Waals surface area contributed by atoms with Gasteiger partial charge in [-0.2, -0.15) is 0 Å². The van der Waals surface area contributed by atoms with Gasteiger partial charge < -0.3 is 15.1 Å². The average molecular weight is 292 g/mol. The normalized spacial score (nSPS) is 27.7. The monoisotopic (exact) mass is 292 g/mol. The second-order valence-corrected chi connectivity index (χ2v) is 5.71. The predicted molar refractivity (Wildman–Crippen MR) is 74.5 cm³/mol. The fourth-order valence-corrected chi connectivity index (χ4v) is 3.60. The van der Waals surface area contributed by atoms with Gasteiger partial charge in [-0.1, -0.05) is 6.07 Å². The molecule has 0 bridgehead atoms. The largest absolute Gasteiger partial charge is 0.478 e. The molecule has 7 nitrogen and oxygen atoms in total. The molecule has 112 valence electrons. The number of benzene rings is 1. The van der Waals surface area contributed by atoms with Crippen LogP contribution in [0.3, 0.4) is 0 Å². The van der Waals surface area contributed by atoms with Gasteiger partial charge in [0.1, 0.15) is 5.69 Å². The van der Waals surface area contributed by atoms with Crippen molar-refractivity contribution in [3.63, 3.8) is 0 Å². The Balaban J connectivity index is 2.02. The van der Waals surface area contributed by atoms with Crippen LogP contribution in [0.25, 0.3) is 0 Å². The van der Waals surface area contributed by atoms with Crippen LogP contribution < -0.4 is 4.90 Å². The molecule has 1 aromatic rings. The van der Waals surface area contributed by atoms with E-state index in [0.29, 0.717) is 13.1 Å². The lowest BCUT2D eigenvalue weighted by atomic mass is 10.00. The Kier molecular flexibility index (Phi) is 3.29. The van der Waals surface area contributed by atoms with Crippen LogP contribution in [-0.2, 0) is 0 Å². The molecule has 2 fully saturated rings. The lowest BCUT2D eigenvalue weighted by Gasteiger charge is -2.22. The van der Waals surface area contributed by atoms with E-state index >= 15 is 0 Å². The van der Waals surface area contributed by atoms with Gasteiger partial charge in [-0.25, -0.2) is 4.79 Å². The number of rotatable bonds is 3. The highest BCUT2D eigenvalue weighted by atomic mass is 16.6. The third-order valence-electron chi connectivity index (χ3n) is 4.58. The van der Waals surface area contributed by atoms with Gasteiger partial charge in [-0.15, -0.1) is 0 Å². The number of aliphatic hydroxyl groups is 1. The van der Waals surface area contributed by atoms with E-state index in [1.807, 2.05) is 0 Å². The molecule has 3 atom stereocenters. The molecule has 7 heteroatoms. The quantitative estimate of drug-likeness (QED) is 0.646. The summed E-state index contributed by atoms with van der Waals surface area (Å²) in [7, 11) is 0. The highest BCUT2D eigenvalue weighted by Crippen LogP contribution is 2.43. The number of nitro groups is 1. The Morgan fingerprint density at radius 1 is 1.33 bits per heavy atom. The maximum Gasteiger partial charge on any atom is 0.338 e. The standard InChI is InChI=1S/C14H16N2O5/c17-12-5-4-8-6-15(7-10(8)12)13-9(14(18)19)2-1-3-11(13)16(20)21/h1-3,8,10,12,17H,4-7H2,(H,18,19). The number of aromatic carboxylic acids is 1. The lowest BCUT2D eigenvalue weighted by molar-refractivity contribution is -0.384. The Labute approximate surface area is 121 Å². The highest BCUT2D eigenvalue weighted by molar-refractivity contribution is 5.97. The smallest absolute Gasteiger partial charge is 0.338 e. The Morgan fingerprint density at radius 2 is 2.10 bits per heavy atom. The summed E-state index contributed by atoms with van der Waals surface area (Å²) in [6.07, 6.45) is 1.24. The van der Waals surface area contributed by atoms with Crippen LogP contribution in [0.4, 0.5) is 11.4 Å². The minimum Gasteiger partial charge on any atom is -0.478 e. The number of nitro benzene ring substituents is 1. The number of aliphatic hydroxyl groups excluding tert-OH is 1. The van der Waals surface area contributed by atoms with E-state index in [1.165, 1.54) is 18.2 Å². The number of fused-ring (bicyclic) bond motifs is 1. The Hall–Kier alpha value is -2.15. The fraction of sp³-hybridized carbons (Fsp3) is 0.500. The predicted octanol–water partition coefficient (Wildman–Crippen LogP) is 1.50. The van der Waals surface area contributed by atoms with Crippen LogP contribution in [0.5, 0.6) is 0 Å². The van der Waals surface area contributed by atoms with Gasteiger partial charge in [0.15, 0.2) is 0 Å². The molecule has 1 saturated heterocycles. The number of para-hydroxylation sites is 1. The molecule has 0 spiro atoms. The van der Waals surface area contributed by atoms with Crippen LogP contribution in [0.2, 0.25) is 0 Å². The molecule has 2 aliphatic rings. The molecule has 2 N–H and O–H groups in total. The third-order valence-corrected chi connectivity index (χ3v) is 4.58. The van der Waals surface area contributed by atoms with E-state index in [-0.39, 0.29) is 28.8 Å². The molecule has 1 aliphatic carbocycles. The summed E-state index contributed by atoms with van der Waals surface area (Å²) < 4.78 is 0. The number of carbonyl (C=O) groups is 1. The second-order valence-electron chi connectivity index (χ2n) is 5.71. The van der Waals surface area contributed by atoms with Gasteiger partial charge in [0.2, 0.25) is 0 Å². The first-order valence-electron chi connectivity index (χ1n) is 6.92. The minimum atomic E-state index is -1.17. The summed E-state index contributed by atoms with van der Waals surface area (Å²) in [5.74, 6) is -0.820. The van der Waals surface area contributed by atoms with Crippen molar-refractivity contribution < 1.29 is 19.9 Å². The van der Waals surface area contributed by atoms with Crippen molar-refractivity contribution in [3.05, 3.63) is 33.9 Å². The third kappa shape index (κ3) is 2.23. The van der Waals surface area contributed by atoms with Crippen molar-refractivity contribution in [3.8, 4) is 0 Å². The van der Waals surface area contributed by atoms with Crippen molar-refractivity contribution in [2.24, 2.45) is 11.8 Å². The van der Waals surface area contributed by atoms with Crippen molar-refractivity contribution in [1.82, 2.24) is 0 Å². The first-order valence-corrected chi connectivity index (χ1v) is 6.92. The van der Waals surface area contributed by atoms with Crippen molar-refractivity contribution in [2.45, 2.75) is 18.9 Å². The molecular weight excluding hydrogens is 276 g/mol. The van der Waals surface area contributed by atoms with Crippen LogP contribution in [-0.4, -0.2) is 40.3 Å². The number of hydrogen-bond acceptors (Lipinski definition) is 5. The van der Waals surface area contributed by atoms with Gasteiger partial charge in [-0.05, 0) is 24.8 Å². The van der Waals surface area contributed by atoms with E-state index in [0.717, 1.165) is 12.8 Å². The summed E-state index contributed by atoms with van der Waals surface area (Å²) in [6, 6.07) is 4.10. The topological polar surface area (TPSA) is 104 Å². The molecule has 0 radical (unpaired) electrons. The molecule has 1 heterocycles. The Bertz CT molecular complexity index is 571. The maximum atomic E-state index is 11.4. The van der Waals surface area contributed by atoms with E-state index in [1.54, 1.807) is 4.90 Å². The number of carboxylic acids is 1. The van der Waals surface area contributed by atoms with Crippen LogP contribution in [0, 0.1) is 22.0 Å². The van der Waals surface area contributed by atoms with Gasteiger partial charge >= 0.3 is 5.97 Å². The summed E-state index contributed by atoms with van der Waals surface area (Å²) in [5, 5.41) is 30.4. The van der Waals surface area contributed by atoms with Gasteiger partial charge in [-0.3, -0.25) is 10.1 Å². The molecule has 0 aromatic heterocycles. The Morgan fingerprint density at radius 3 is 2.71 bits per heavy atom.